The van der Waals surface area contributed by atoms with Crippen LogP contribution in [0, 0.1) is 6.92 Å². The molecule has 0 amide bonds. The average molecular weight is 252 g/mol. The predicted molar refractivity (Wildman–Crippen MR) is 65.9 cm³/mol. The quantitative estimate of drug-likeness (QED) is 0.825. The van der Waals surface area contributed by atoms with Gasteiger partial charge in [-0.15, -0.1) is 24.8 Å². The summed E-state index contributed by atoms with van der Waals surface area (Å²) in [7, 11) is 0. The van der Waals surface area contributed by atoms with Gasteiger partial charge in [0.15, 0.2) is 0 Å². The lowest BCUT2D eigenvalue weighted by atomic mass is 10.3. The van der Waals surface area contributed by atoms with Crippen LogP contribution in [0.15, 0.2) is 24.5 Å². The first-order chi connectivity index (χ1) is 5.79. The topological polar surface area (TPSA) is 74.8 Å². The van der Waals surface area contributed by atoms with Crippen molar-refractivity contribution < 1.29 is 5.48 Å². The van der Waals surface area contributed by atoms with Crippen LogP contribution < -0.4 is 5.73 Å². The molecule has 86 valence electrons. The molecule has 0 fully saturated rings. The first kappa shape index (κ1) is 16.6. The molecule has 0 saturated heterocycles. The van der Waals surface area contributed by atoms with Gasteiger partial charge in [0.1, 0.15) is 5.65 Å². The van der Waals surface area contributed by atoms with Gasteiger partial charge >= 0.3 is 0 Å². The van der Waals surface area contributed by atoms with Gasteiger partial charge in [-0.05, 0) is 24.6 Å². The Hall–Kier alpha value is -0.810. The van der Waals surface area contributed by atoms with Gasteiger partial charge in [0, 0.05) is 18.9 Å². The third-order valence-electron chi connectivity index (χ3n) is 1.87. The molecule has 6 heteroatoms. The van der Waals surface area contributed by atoms with E-state index in [1.54, 1.807) is 0 Å². The standard InChI is InChI=1S/C9H11N3.2ClH.H2O/c1-7-2-3-12-6-8(5-10)11-9(12)4-7;;;/h2-4,6H,5,10H2,1H3;2*1H;1H2. The summed E-state index contributed by atoms with van der Waals surface area (Å²) in [5.74, 6) is 0. The summed E-state index contributed by atoms with van der Waals surface area (Å²) in [5.41, 5.74) is 8.59. The van der Waals surface area contributed by atoms with Crippen molar-refractivity contribution in [3.8, 4) is 0 Å². The molecule has 2 rings (SSSR count). The summed E-state index contributed by atoms with van der Waals surface area (Å²) in [5, 5.41) is 0. The Bertz CT molecular complexity index is 417. The maximum Gasteiger partial charge on any atom is 0.137 e. The second-order valence-corrected chi connectivity index (χ2v) is 2.91. The number of rotatable bonds is 1. The summed E-state index contributed by atoms with van der Waals surface area (Å²) >= 11 is 0. The number of imidazole rings is 1. The van der Waals surface area contributed by atoms with Gasteiger partial charge in [-0.25, -0.2) is 4.98 Å². The molecule has 0 radical (unpaired) electrons. The SMILES string of the molecule is Cc1ccn2cc(CN)nc2c1.Cl.Cl.O. The average Bonchev–Trinajstić information content (AvgIpc) is 2.46. The van der Waals surface area contributed by atoms with E-state index in [-0.39, 0.29) is 30.3 Å². The molecule has 0 aromatic carbocycles. The zero-order valence-electron chi connectivity index (χ0n) is 8.30. The maximum absolute atomic E-state index is 5.48. The molecule has 0 bridgehead atoms. The van der Waals surface area contributed by atoms with E-state index in [0.29, 0.717) is 6.54 Å². The second kappa shape index (κ2) is 6.63. The molecule has 15 heavy (non-hydrogen) atoms. The zero-order valence-corrected chi connectivity index (χ0v) is 9.94. The third kappa shape index (κ3) is 3.35. The Balaban J connectivity index is 0. The van der Waals surface area contributed by atoms with E-state index in [1.807, 2.05) is 22.9 Å². The normalized spacial score (nSPS) is 8.67. The number of pyridine rings is 1. The third-order valence-corrected chi connectivity index (χ3v) is 1.87. The van der Waals surface area contributed by atoms with Gasteiger partial charge in [0.05, 0.1) is 5.69 Å². The Labute approximate surface area is 101 Å². The molecular formula is C9H15Cl2N3O. The highest BCUT2D eigenvalue weighted by molar-refractivity contribution is 5.85. The van der Waals surface area contributed by atoms with Crippen LogP contribution in [0.3, 0.4) is 0 Å². The largest absolute Gasteiger partial charge is 0.412 e. The minimum atomic E-state index is 0. The highest BCUT2D eigenvalue weighted by Gasteiger charge is 1.98. The molecule has 2 aromatic heterocycles. The lowest BCUT2D eigenvalue weighted by Crippen LogP contribution is -1.95. The number of aryl methyl sites for hydroxylation is 1. The Morgan fingerprint density at radius 3 is 2.67 bits per heavy atom. The molecule has 0 saturated carbocycles. The molecule has 4 N–H and O–H groups in total. The van der Waals surface area contributed by atoms with Crippen LogP contribution in [0.25, 0.3) is 5.65 Å². The summed E-state index contributed by atoms with van der Waals surface area (Å²) < 4.78 is 1.98. The van der Waals surface area contributed by atoms with E-state index in [1.165, 1.54) is 5.56 Å². The number of fused-ring (bicyclic) bond motifs is 1. The van der Waals surface area contributed by atoms with Crippen LogP contribution >= 0.6 is 24.8 Å². The Morgan fingerprint density at radius 1 is 1.40 bits per heavy atom. The Morgan fingerprint density at radius 2 is 2.07 bits per heavy atom. The molecule has 0 atom stereocenters. The van der Waals surface area contributed by atoms with Crippen molar-refractivity contribution in [1.29, 1.82) is 0 Å². The van der Waals surface area contributed by atoms with Crippen molar-refractivity contribution in [3.05, 3.63) is 35.8 Å². The molecule has 4 nitrogen and oxygen atoms in total. The minimum absolute atomic E-state index is 0. The van der Waals surface area contributed by atoms with Gasteiger partial charge in [0.25, 0.3) is 0 Å². The first-order valence-electron chi connectivity index (χ1n) is 3.94. The zero-order chi connectivity index (χ0) is 8.55. The molecule has 2 heterocycles. The van der Waals surface area contributed by atoms with Gasteiger partial charge in [0.2, 0.25) is 0 Å². The number of hydrogen-bond donors (Lipinski definition) is 1. The van der Waals surface area contributed by atoms with Gasteiger partial charge < -0.3 is 15.6 Å². The van der Waals surface area contributed by atoms with E-state index in [9.17, 15) is 0 Å². The van der Waals surface area contributed by atoms with Crippen molar-refractivity contribution in [3.63, 3.8) is 0 Å². The highest BCUT2D eigenvalue weighted by atomic mass is 35.5. The molecule has 0 aliphatic rings. The van der Waals surface area contributed by atoms with E-state index in [4.69, 9.17) is 5.73 Å². The monoisotopic (exact) mass is 251 g/mol. The summed E-state index contributed by atoms with van der Waals surface area (Å²) in [6.45, 7) is 2.55. The van der Waals surface area contributed by atoms with E-state index in [2.05, 4.69) is 18.0 Å². The van der Waals surface area contributed by atoms with Crippen molar-refractivity contribution in [2.45, 2.75) is 13.5 Å². The fourth-order valence-corrected chi connectivity index (χ4v) is 1.23. The van der Waals surface area contributed by atoms with E-state index < -0.39 is 0 Å². The smallest absolute Gasteiger partial charge is 0.137 e. The number of halogens is 2. The van der Waals surface area contributed by atoms with Crippen LogP contribution in [0.1, 0.15) is 11.3 Å². The van der Waals surface area contributed by atoms with Crippen LogP contribution in [0.2, 0.25) is 0 Å². The van der Waals surface area contributed by atoms with Crippen LogP contribution in [-0.4, -0.2) is 14.9 Å². The summed E-state index contributed by atoms with van der Waals surface area (Å²) in [6.07, 6.45) is 3.95. The fraction of sp³-hybridized carbons (Fsp3) is 0.222. The first-order valence-corrected chi connectivity index (χ1v) is 3.94. The molecule has 0 aliphatic carbocycles. The van der Waals surface area contributed by atoms with Crippen molar-refractivity contribution in [2.24, 2.45) is 5.73 Å². The summed E-state index contributed by atoms with van der Waals surface area (Å²) in [4.78, 5) is 4.33. The number of hydrogen-bond acceptors (Lipinski definition) is 2. The highest BCUT2D eigenvalue weighted by Crippen LogP contribution is 2.06. The number of nitrogens with two attached hydrogens (primary N) is 1. The van der Waals surface area contributed by atoms with Crippen LogP contribution in [0.5, 0.6) is 0 Å². The predicted octanol–water partition coefficient (Wildman–Crippen LogP) is 1.12. The van der Waals surface area contributed by atoms with Crippen LogP contribution in [-0.2, 0) is 6.54 Å². The summed E-state index contributed by atoms with van der Waals surface area (Å²) in [6, 6.07) is 4.09. The lowest BCUT2D eigenvalue weighted by molar-refractivity contribution is 0.824. The number of nitrogens with zero attached hydrogens (tertiary/aromatic N) is 2. The van der Waals surface area contributed by atoms with Crippen molar-refractivity contribution >= 4 is 30.5 Å². The number of aromatic nitrogens is 2. The molecular weight excluding hydrogens is 237 g/mol. The van der Waals surface area contributed by atoms with Crippen molar-refractivity contribution in [2.75, 3.05) is 0 Å². The Kier molecular flexibility index (Phi) is 7.35. The molecule has 2 aromatic rings. The van der Waals surface area contributed by atoms with Gasteiger partial charge in [-0.3, -0.25) is 0 Å². The molecule has 0 spiro atoms. The minimum Gasteiger partial charge on any atom is -0.412 e. The molecule has 0 aliphatic heterocycles. The lowest BCUT2D eigenvalue weighted by Gasteiger charge is -1.92. The molecule has 0 unspecified atom stereocenters. The fourth-order valence-electron chi connectivity index (χ4n) is 1.23. The van der Waals surface area contributed by atoms with Gasteiger partial charge in [-0.1, -0.05) is 0 Å². The van der Waals surface area contributed by atoms with Crippen LogP contribution in [0.4, 0.5) is 0 Å². The second-order valence-electron chi connectivity index (χ2n) is 2.91. The van der Waals surface area contributed by atoms with E-state index in [0.717, 1.165) is 11.3 Å². The van der Waals surface area contributed by atoms with E-state index >= 15 is 0 Å². The van der Waals surface area contributed by atoms with Gasteiger partial charge in [-0.2, -0.15) is 0 Å². The van der Waals surface area contributed by atoms with Crippen molar-refractivity contribution in [1.82, 2.24) is 9.38 Å². The maximum atomic E-state index is 5.48.